The van der Waals surface area contributed by atoms with E-state index in [1.54, 1.807) is 42.2 Å². The number of benzene rings is 10. The quantitative estimate of drug-likeness (QED) is 0.115. The number of hydrogen-bond acceptors (Lipinski definition) is 0. The van der Waals surface area contributed by atoms with Crippen LogP contribution in [0.5, 0.6) is 0 Å². The molecule has 0 spiro atoms. The lowest BCUT2D eigenvalue weighted by atomic mass is 9.64. The van der Waals surface area contributed by atoms with Crippen LogP contribution in [0.2, 0.25) is 10.1 Å². The average Bonchev–Trinajstić information content (AvgIpc) is 3.72. The Hall–Kier alpha value is -6.33. The van der Waals surface area contributed by atoms with Gasteiger partial charge in [0.1, 0.15) is 0 Å². The molecule has 0 aromatic heterocycles. The summed E-state index contributed by atoms with van der Waals surface area (Å²) in [6.45, 7) is 10.7. The summed E-state index contributed by atoms with van der Waals surface area (Å²) >= 11 is 0. The van der Waals surface area contributed by atoms with Crippen molar-refractivity contribution in [1.29, 1.82) is 0 Å². The smallest absolute Gasteiger partial charge is 0.0624 e. The molecule has 2 heteroatoms. The zero-order valence-electron chi connectivity index (χ0n) is 41.3. The van der Waals surface area contributed by atoms with Gasteiger partial charge < -0.3 is 0 Å². The van der Waals surface area contributed by atoms with Gasteiger partial charge in [-0.25, -0.2) is 0 Å². The molecular weight excluding hydrogens is 873 g/mol. The molecule has 0 bridgehead atoms. The minimum Gasteiger partial charge on any atom is -0.0624 e. The van der Waals surface area contributed by atoms with Gasteiger partial charge in [-0.05, 0) is 143 Å². The molecule has 0 radical (unpaired) electrons. The van der Waals surface area contributed by atoms with Gasteiger partial charge in [-0.15, -0.1) is 0 Å². The van der Waals surface area contributed by atoms with Crippen molar-refractivity contribution in [2.24, 2.45) is 0 Å². The molecule has 2 aliphatic heterocycles. The van der Waals surface area contributed by atoms with Gasteiger partial charge in [-0.2, -0.15) is 0 Å². The van der Waals surface area contributed by atoms with E-state index in [4.69, 9.17) is 0 Å². The van der Waals surface area contributed by atoms with Crippen molar-refractivity contribution < 1.29 is 0 Å². The Morgan fingerprint density at radius 3 is 1.01 bits per heavy atom. The van der Waals surface area contributed by atoms with Crippen molar-refractivity contribution in [3.63, 3.8) is 0 Å². The molecule has 14 rings (SSSR count). The second-order valence-electron chi connectivity index (χ2n) is 22.9. The van der Waals surface area contributed by atoms with Gasteiger partial charge in [0.15, 0.2) is 16.1 Å². The van der Waals surface area contributed by atoms with Crippen LogP contribution < -0.4 is 31.1 Å². The highest BCUT2D eigenvalue weighted by Crippen LogP contribution is 2.67. The predicted octanol–water partition coefficient (Wildman–Crippen LogP) is 14.1. The average molecular weight is 935 g/mol. The minimum atomic E-state index is -2.50. The summed E-state index contributed by atoms with van der Waals surface area (Å²) in [5.74, 6) is 0. The molecule has 4 aliphatic rings. The third-order valence-corrected chi connectivity index (χ3v) is 32.6. The molecule has 342 valence electrons. The molecule has 70 heavy (non-hydrogen) atoms. The van der Waals surface area contributed by atoms with Crippen LogP contribution in [0.25, 0.3) is 54.6 Å². The SMILES string of the molecule is CC12CCCCC1(C)[Si](c1ccccc1)(c1ccccc1)c1ccc(-c3ccc4ccc5c(-c6ccc7c(c6)C6(C)CCCCC6(C)[Si]7(c6ccccc6)c6ccccc6)ccc6ccc3c4c65)cc12. The molecule has 2 heterocycles. The standard InChI is InChI=1S/C68H62Si2/c1-65-41-17-19-43-67(65,3)69(51-21-9-5-10-22-51,52-23-11-6-12-24-52)61-39-33-49(45-59(61)65)55-35-29-47-32-38-58-56(36-30-48-31-37-57(55)63(47)64(48)58)50-34-40-62-60(46-50)66(2)42-18-20-44-68(66,4)70(62,53-25-13-7-14-26-53)54-27-15-8-16-28-54/h5-16,21-40,45-46H,17-20,41-44H2,1-4H3. The van der Waals surface area contributed by atoms with E-state index in [0.29, 0.717) is 0 Å². The van der Waals surface area contributed by atoms with Gasteiger partial charge in [0.25, 0.3) is 0 Å². The molecule has 0 nitrogen and oxygen atoms in total. The number of rotatable bonds is 6. The van der Waals surface area contributed by atoms with Crippen molar-refractivity contribution in [3.05, 3.63) is 217 Å². The van der Waals surface area contributed by atoms with Crippen molar-refractivity contribution in [1.82, 2.24) is 0 Å². The van der Waals surface area contributed by atoms with Crippen LogP contribution in [0.1, 0.15) is 90.2 Å². The second kappa shape index (κ2) is 15.1. The molecule has 0 saturated heterocycles. The van der Waals surface area contributed by atoms with Gasteiger partial charge in [0.2, 0.25) is 0 Å². The summed E-state index contributed by atoms with van der Waals surface area (Å²) in [4.78, 5) is 0. The number of hydrogen-bond donors (Lipinski definition) is 0. The topological polar surface area (TPSA) is 0 Å². The van der Waals surface area contributed by atoms with Gasteiger partial charge in [-0.1, -0.05) is 260 Å². The van der Waals surface area contributed by atoms with Gasteiger partial charge in [0, 0.05) is 0 Å². The summed E-state index contributed by atoms with van der Waals surface area (Å²) in [5, 5.41) is 17.9. The van der Waals surface area contributed by atoms with E-state index >= 15 is 0 Å². The normalized spacial score (nSPS) is 25.1. The minimum absolute atomic E-state index is 0.0690. The van der Waals surface area contributed by atoms with E-state index in [0.717, 1.165) is 0 Å². The third kappa shape index (κ3) is 5.16. The zero-order chi connectivity index (χ0) is 47.1. The molecular formula is C68H62Si2. The van der Waals surface area contributed by atoms with Gasteiger partial charge >= 0.3 is 0 Å². The molecule has 10 aromatic rings. The van der Waals surface area contributed by atoms with Crippen molar-refractivity contribution in [2.45, 2.75) is 100.0 Å². The monoisotopic (exact) mass is 934 g/mol. The fourth-order valence-electron chi connectivity index (χ4n) is 17.0. The highest BCUT2D eigenvalue weighted by molar-refractivity contribution is 7.15. The Morgan fingerprint density at radius 2 is 0.657 bits per heavy atom. The molecule has 0 amide bonds. The highest BCUT2D eigenvalue weighted by Gasteiger charge is 2.70. The Kier molecular flexibility index (Phi) is 9.17. The van der Waals surface area contributed by atoms with Crippen LogP contribution in [0.3, 0.4) is 0 Å². The zero-order valence-corrected chi connectivity index (χ0v) is 43.3. The maximum atomic E-state index is 2.70. The Labute approximate surface area is 416 Å². The van der Waals surface area contributed by atoms with Crippen LogP contribution in [-0.2, 0) is 10.8 Å². The van der Waals surface area contributed by atoms with Crippen LogP contribution in [0.15, 0.2) is 206 Å². The summed E-state index contributed by atoms with van der Waals surface area (Å²) in [6, 6.07) is 81.9. The lowest BCUT2D eigenvalue weighted by Gasteiger charge is -2.54. The van der Waals surface area contributed by atoms with Crippen molar-refractivity contribution in [2.75, 3.05) is 0 Å². The van der Waals surface area contributed by atoms with E-state index in [9.17, 15) is 0 Å². The first-order valence-corrected chi connectivity index (χ1v) is 30.4. The fraction of sp³-hybridized carbons (Fsp3) is 0.235. The first-order valence-electron chi connectivity index (χ1n) is 26.4. The lowest BCUT2D eigenvalue weighted by molar-refractivity contribution is 0.241. The second-order valence-corrected chi connectivity index (χ2v) is 31.5. The molecule has 2 fully saturated rings. The highest BCUT2D eigenvalue weighted by atomic mass is 28.3. The Balaban J connectivity index is 0.958. The van der Waals surface area contributed by atoms with E-state index in [2.05, 4.69) is 234 Å². The lowest BCUT2D eigenvalue weighted by Crippen LogP contribution is -2.72. The Bertz CT molecular complexity index is 3350. The third-order valence-electron chi connectivity index (χ3n) is 20.4. The summed E-state index contributed by atoms with van der Waals surface area (Å²) in [5.41, 5.74) is 8.74. The molecule has 10 aromatic carbocycles. The van der Waals surface area contributed by atoms with Crippen LogP contribution in [0.4, 0.5) is 0 Å². The van der Waals surface area contributed by atoms with E-state index in [-0.39, 0.29) is 20.9 Å². The largest absolute Gasteiger partial charge is 0.155 e. The van der Waals surface area contributed by atoms with Crippen LogP contribution in [-0.4, -0.2) is 16.1 Å². The molecule has 2 aliphatic carbocycles. The Morgan fingerprint density at radius 1 is 0.329 bits per heavy atom. The number of fused-ring (bicyclic) bond motifs is 6. The first kappa shape index (κ1) is 42.5. The maximum Gasteiger partial charge on any atom is 0.155 e. The van der Waals surface area contributed by atoms with E-state index < -0.39 is 16.1 Å². The van der Waals surface area contributed by atoms with E-state index in [1.807, 2.05) is 0 Å². The first-order chi connectivity index (χ1) is 34.2. The molecule has 4 atom stereocenters. The molecule has 0 N–H and O–H groups in total. The maximum absolute atomic E-state index is 2.70. The van der Waals surface area contributed by atoms with E-state index in [1.165, 1.54) is 106 Å². The van der Waals surface area contributed by atoms with Crippen LogP contribution in [0, 0.1) is 0 Å². The predicted molar refractivity (Wildman–Crippen MR) is 304 cm³/mol. The summed E-state index contributed by atoms with van der Waals surface area (Å²) < 4.78 is 0. The van der Waals surface area contributed by atoms with Gasteiger partial charge in [-0.3, -0.25) is 0 Å². The summed E-state index contributed by atoms with van der Waals surface area (Å²) in [7, 11) is -5.00. The summed E-state index contributed by atoms with van der Waals surface area (Å²) in [6.07, 6.45) is 10.2. The van der Waals surface area contributed by atoms with Gasteiger partial charge in [0.05, 0.1) is 0 Å². The van der Waals surface area contributed by atoms with Crippen molar-refractivity contribution >= 4 is 79.6 Å². The fourth-order valence-corrected chi connectivity index (χ4v) is 30.8. The van der Waals surface area contributed by atoms with Crippen LogP contribution >= 0.6 is 0 Å². The molecule has 4 unspecified atom stereocenters. The van der Waals surface area contributed by atoms with Crippen molar-refractivity contribution in [3.8, 4) is 22.3 Å². The molecule has 2 saturated carbocycles.